The normalized spacial score (nSPS) is 19.4. The van der Waals surface area contributed by atoms with E-state index >= 15 is 0 Å². The predicted molar refractivity (Wildman–Crippen MR) is 143 cm³/mol. The summed E-state index contributed by atoms with van der Waals surface area (Å²) >= 11 is 0. The van der Waals surface area contributed by atoms with Gasteiger partial charge in [0.05, 0.1) is 0 Å². The summed E-state index contributed by atoms with van der Waals surface area (Å²) in [5.41, 5.74) is 2.05. The molecule has 0 aliphatic carbocycles. The van der Waals surface area contributed by atoms with E-state index in [9.17, 15) is 14.4 Å². The monoisotopic (exact) mass is 490 g/mol. The van der Waals surface area contributed by atoms with Gasteiger partial charge in [0.2, 0.25) is 18.2 Å². The van der Waals surface area contributed by atoms with Crippen molar-refractivity contribution in [2.75, 3.05) is 39.3 Å². The molecule has 1 aliphatic heterocycles. The Bertz CT molecular complexity index is 965. The van der Waals surface area contributed by atoms with Gasteiger partial charge in [-0.25, -0.2) is 0 Å². The van der Waals surface area contributed by atoms with Crippen LogP contribution in [-0.4, -0.2) is 67.3 Å². The quantitative estimate of drug-likeness (QED) is 0.509. The van der Waals surface area contributed by atoms with Crippen LogP contribution in [0.3, 0.4) is 0 Å². The highest BCUT2D eigenvalue weighted by atomic mass is 16.2. The molecule has 0 aromatic heterocycles. The number of benzene rings is 2. The molecule has 0 saturated carbocycles. The van der Waals surface area contributed by atoms with E-state index in [0.717, 1.165) is 36.8 Å². The highest BCUT2D eigenvalue weighted by Crippen LogP contribution is 2.16. The molecule has 0 radical (unpaired) electrons. The Morgan fingerprint density at radius 3 is 2.22 bits per heavy atom. The zero-order valence-corrected chi connectivity index (χ0v) is 21.0. The molecule has 3 amide bonds. The molecule has 0 unspecified atom stereocenters. The molecule has 1 saturated heterocycles. The minimum atomic E-state index is -0.0900. The maximum atomic E-state index is 12.9. The fourth-order valence-electron chi connectivity index (χ4n) is 4.31. The van der Waals surface area contributed by atoms with Crippen molar-refractivity contribution < 1.29 is 14.4 Å². The van der Waals surface area contributed by atoms with Gasteiger partial charge in [0.15, 0.2) is 0 Å². The Kier molecular flexibility index (Phi) is 11.7. The Hall–Kier alpha value is -3.45. The van der Waals surface area contributed by atoms with Gasteiger partial charge in [0.25, 0.3) is 0 Å². The number of hydrogen-bond acceptors (Lipinski definition) is 4. The summed E-state index contributed by atoms with van der Waals surface area (Å²) < 4.78 is 0. The summed E-state index contributed by atoms with van der Waals surface area (Å²) in [5, 5.41) is 6.51. The number of nitrogens with one attached hydrogen (secondary N) is 2. The second-order valence-electron chi connectivity index (χ2n) is 9.10. The standard InChI is InChI=1S/C29H38N4O3/c34-24-32-19-7-8-21-33(29(36)16-15-25-11-3-1-4-12-25)22-10-18-31-28(35)23-27(30-17-9-20-32)26-13-5-2-6-14-26/h1-6,11-16,24,27,30H,7-10,17-23H2,(H,31,35)/b16-15+/t27-/m0/s1. The molecule has 7 nitrogen and oxygen atoms in total. The maximum Gasteiger partial charge on any atom is 0.246 e. The van der Waals surface area contributed by atoms with Crippen LogP contribution in [0.4, 0.5) is 0 Å². The van der Waals surface area contributed by atoms with Crippen LogP contribution in [0.15, 0.2) is 66.7 Å². The molecule has 192 valence electrons. The van der Waals surface area contributed by atoms with Crippen LogP contribution in [0.5, 0.6) is 0 Å². The van der Waals surface area contributed by atoms with Gasteiger partial charge in [0, 0.05) is 51.3 Å². The van der Waals surface area contributed by atoms with Crippen molar-refractivity contribution in [3.05, 3.63) is 77.9 Å². The molecule has 1 heterocycles. The van der Waals surface area contributed by atoms with Gasteiger partial charge in [0.1, 0.15) is 0 Å². The first-order valence-corrected chi connectivity index (χ1v) is 12.9. The molecule has 1 atom stereocenters. The van der Waals surface area contributed by atoms with Gasteiger partial charge < -0.3 is 20.4 Å². The second kappa shape index (κ2) is 15.5. The first-order valence-electron chi connectivity index (χ1n) is 12.9. The first kappa shape index (κ1) is 27.1. The smallest absolute Gasteiger partial charge is 0.246 e. The topological polar surface area (TPSA) is 81.8 Å². The van der Waals surface area contributed by atoms with E-state index in [-0.39, 0.29) is 17.9 Å². The lowest BCUT2D eigenvalue weighted by Crippen LogP contribution is -2.35. The average molecular weight is 491 g/mol. The van der Waals surface area contributed by atoms with Gasteiger partial charge in [-0.2, -0.15) is 0 Å². The summed E-state index contributed by atoms with van der Waals surface area (Å²) in [6.45, 7) is 3.76. The van der Waals surface area contributed by atoms with Gasteiger partial charge in [-0.1, -0.05) is 60.7 Å². The molecule has 36 heavy (non-hydrogen) atoms. The summed E-state index contributed by atoms with van der Waals surface area (Å²) in [6.07, 6.45) is 7.82. The van der Waals surface area contributed by atoms with Crippen LogP contribution in [-0.2, 0) is 14.4 Å². The van der Waals surface area contributed by atoms with E-state index in [0.29, 0.717) is 52.1 Å². The molecule has 3 rings (SSSR count). The highest BCUT2D eigenvalue weighted by molar-refractivity contribution is 5.91. The van der Waals surface area contributed by atoms with Crippen LogP contribution >= 0.6 is 0 Å². The van der Waals surface area contributed by atoms with Crippen molar-refractivity contribution in [2.45, 2.75) is 38.1 Å². The van der Waals surface area contributed by atoms with E-state index in [4.69, 9.17) is 0 Å². The fraction of sp³-hybridized carbons (Fsp3) is 0.414. The molecule has 1 fully saturated rings. The van der Waals surface area contributed by atoms with E-state index in [1.807, 2.05) is 71.6 Å². The summed E-state index contributed by atoms with van der Waals surface area (Å²) in [4.78, 5) is 40.8. The lowest BCUT2D eigenvalue weighted by atomic mass is 10.0. The number of carbonyl (C=O) groups is 3. The molecule has 0 bridgehead atoms. The van der Waals surface area contributed by atoms with Gasteiger partial charge in [-0.3, -0.25) is 14.4 Å². The zero-order valence-electron chi connectivity index (χ0n) is 21.0. The lowest BCUT2D eigenvalue weighted by molar-refractivity contribution is -0.126. The third kappa shape index (κ3) is 9.66. The Labute approximate surface area is 214 Å². The van der Waals surface area contributed by atoms with Crippen LogP contribution in [0.1, 0.15) is 49.3 Å². The molecule has 7 heteroatoms. The number of nitrogens with zero attached hydrogens (tertiary/aromatic N) is 2. The molecular weight excluding hydrogens is 452 g/mol. The zero-order chi connectivity index (χ0) is 25.4. The van der Waals surface area contributed by atoms with E-state index in [1.54, 1.807) is 11.0 Å². The highest BCUT2D eigenvalue weighted by Gasteiger charge is 2.16. The maximum absolute atomic E-state index is 12.9. The molecule has 0 spiro atoms. The number of amides is 3. The predicted octanol–water partition coefficient (Wildman–Crippen LogP) is 3.40. The van der Waals surface area contributed by atoms with E-state index in [2.05, 4.69) is 10.6 Å². The van der Waals surface area contributed by atoms with Crippen molar-refractivity contribution >= 4 is 24.3 Å². The van der Waals surface area contributed by atoms with Gasteiger partial charge in [-0.05, 0) is 49.4 Å². The molecular formula is C29H38N4O3. The van der Waals surface area contributed by atoms with E-state index in [1.165, 1.54) is 0 Å². The van der Waals surface area contributed by atoms with Crippen molar-refractivity contribution in [1.29, 1.82) is 0 Å². The summed E-state index contributed by atoms with van der Waals surface area (Å²) in [7, 11) is 0. The van der Waals surface area contributed by atoms with E-state index < -0.39 is 0 Å². The molecule has 2 aromatic carbocycles. The first-order chi connectivity index (χ1) is 17.7. The third-order valence-corrected chi connectivity index (χ3v) is 6.33. The van der Waals surface area contributed by atoms with Gasteiger partial charge in [-0.15, -0.1) is 0 Å². The Morgan fingerprint density at radius 2 is 1.47 bits per heavy atom. The molecule has 1 aliphatic rings. The van der Waals surface area contributed by atoms with Crippen LogP contribution < -0.4 is 10.6 Å². The second-order valence-corrected chi connectivity index (χ2v) is 9.10. The number of rotatable bonds is 4. The molecule has 2 aromatic rings. The van der Waals surface area contributed by atoms with Crippen molar-refractivity contribution in [1.82, 2.24) is 20.4 Å². The van der Waals surface area contributed by atoms with Crippen molar-refractivity contribution in [3.8, 4) is 0 Å². The number of carbonyl (C=O) groups excluding carboxylic acids is 3. The summed E-state index contributed by atoms with van der Waals surface area (Å²) in [6, 6.07) is 19.6. The molecule has 2 N–H and O–H groups in total. The fourth-order valence-corrected chi connectivity index (χ4v) is 4.31. The van der Waals surface area contributed by atoms with Crippen LogP contribution in [0.25, 0.3) is 6.08 Å². The summed E-state index contributed by atoms with van der Waals surface area (Å²) in [5.74, 6) is -0.0549. The Morgan fingerprint density at radius 1 is 0.833 bits per heavy atom. The number of hydrogen-bond donors (Lipinski definition) is 2. The van der Waals surface area contributed by atoms with Crippen molar-refractivity contribution in [3.63, 3.8) is 0 Å². The minimum absolute atomic E-state index is 0.0166. The SMILES string of the molecule is O=CN1CCCCN(C(=O)/C=C/c2ccccc2)CCCNC(=O)C[C@@H](c2ccccc2)NCCC1. The largest absolute Gasteiger partial charge is 0.356 e. The lowest BCUT2D eigenvalue weighted by Gasteiger charge is -2.22. The third-order valence-electron chi connectivity index (χ3n) is 6.33. The van der Waals surface area contributed by atoms with Crippen molar-refractivity contribution in [2.24, 2.45) is 0 Å². The minimum Gasteiger partial charge on any atom is -0.356 e. The average Bonchev–Trinajstić information content (AvgIpc) is 2.92. The van der Waals surface area contributed by atoms with Crippen LogP contribution in [0, 0.1) is 0 Å². The van der Waals surface area contributed by atoms with Gasteiger partial charge >= 0.3 is 0 Å². The van der Waals surface area contributed by atoms with Crippen LogP contribution in [0.2, 0.25) is 0 Å². The Balaban J connectivity index is 1.63.